The van der Waals surface area contributed by atoms with E-state index in [1.54, 1.807) is 0 Å². The standard InChI is InChI=1S/C16H17NO/c18-16-11-10-14(13-7-3-1-4-8-13)15-9-5-2-6-12-17(15)16/h1-5,7-8,10,15H,6,9,11-12H2/t15-/m0/s1. The zero-order valence-corrected chi connectivity index (χ0v) is 10.4. The van der Waals surface area contributed by atoms with Gasteiger partial charge in [-0.15, -0.1) is 0 Å². The van der Waals surface area contributed by atoms with Gasteiger partial charge >= 0.3 is 0 Å². The van der Waals surface area contributed by atoms with Gasteiger partial charge in [-0.25, -0.2) is 0 Å². The van der Waals surface area contributed by atoms with Crippen LogP contribution in [0.4, 0.5) is 0 Å². The van der Waals surface area contributed by atoms with E-state index in [-0.39, 0.29) is 11.9 Å². The highest BCUT2D eigenvalue weighted by Gasteiger charge is 2.30. The lowest BCUT2D eigenvalue weighted by Crippen LogP contribution is -2.43. The Kier molecular flexibility index (Phi) is 3.01. The third-order valence-electron chi connectivity index (χ3n) is 3.72. The van der Waals surface area contributed by atoms with Crippen LogP contribution in [0, 0.1) is 0 Å². The molecule has 0 saturated carbocycles. The van der Waals surface area contributed by atoms with Crippen molar-refractivity contribution in [2.75, 3.05) is 6.54 Å². The van der Waals surface area contributed by atoms with Crippen LogP contribution in [0.5, 0.6) is 0 Å². The van der Waals surface area contributed by atoms with E-state index in [0.717, 1.165) is 19.4 Å². The summed E-state index contributed by atoms with van der Waals surface area (Å²) in [6.45, 7) is 0.851. The fourth-order valence-electron chi connectivity index (χ4n) is 2.82. The van der Waals surface area contributed by atoms with Gasteiger partial charge in [-0.05, 0) is 24.0 Å². The van der Waals surface area contributed by atoms with Crippen LogP contribution in [-0.4, -0.2) is 23.4 Å². The van der Waals surface area contributed by atoms with Gasteiger partial charge in [0, 0.05) is 13.0 Å². The lowest BCUT2D eigenvalue weighted by atomic mass is 9.91. The van der Waals surface area contributed by atoms with E-state index in [1.165, 1.54) is 11.1 Å². The SMILES string of the molecule is O=C1CC=C(c2ccccc2)[C@@H]2CC=CCCN12. The Hall–Kier alpha value is -1.83. The molecule has 0 fully saturated rings. The first kappa shape index (κ1) is 11.3. The van der Waals surface area contributed by atoms with Crippen molar-refractivity contribution in [2.45, 2.75) is 25.3 Å². The Bertz CT molecular complexity index is 501. The predicted molar refractivity (Wildman–Crippen MR) is 72.9 cm³/mol. The van der Waals surface area contributed by atoms with Crippen molar-refractivity contribution in [1.29, 1.82) is 0 Å². The van der Waals surface area contributed by atoms with Crippen molar-refractivity contribution in [3.8, 4) is 0 Å². The number of hydrogen-bond acceptors (Lipinski definition) is 1. The molecule has 2 aliphatic rings. The summed E-state index contributed by atoms with van der Waals surface area (Å²) >= 11 is 0. The summed E-state index contributed by atoms with van der Waals surface area (Å²) in [4.78, 5) is 14.1. The first-order valence-electron chi connectivity index (χ1n) is 6.56. The van der Waals surface area contributed by atoms with Crippen LogP contribution in [0.3, 0.4) is 0 Å². The van der Waals surface area contributed by atoms with Crippen molar-refractivity contribution >= 4 is 11.5 Å². The maximum absolute atomic E-state index is 12.0. The zero-order chi connectivity index (χ0) is 12.4. The van der Waals surface area contributed by atoms with Crippen molar-refractivity contribution in [1.82, 2.24) is 4.90 Å². The molecule has 3 rings (SSSR count). The second-order valence-electron chi connectivity index (χ2n) is 4.83. The van der Waals surface area contributed by atoms with Crippen molar-refractivity contribution < 1.29 is 4.79 Å². The maximum atomic E-state index is 12.0. The molecule has 1 atom stereocenters. The number of benzene rings is 1. The highest BCUT2D eigenvalue weighted by atomic mass is 16.2. The second-order valence-corrected chi connectivity index (χ2v) is 4.83. The molecule has 2 aliphatic heterocycles. The van der Waals surface area contributed by atoms with Crippen molar-refractivity contribution in [3.05, 3.63) is 54.1 Å². The van der Waals surface area contributed by atoms with E-state index in [4.69, 9.17) is 0 Å². The van der Waals surface area contributed by atoms with Gasteiger partial charge in [0.25, 0.3) is 0 Å². The zero-order valence-electron chi connectivity index (χ0n) is 10.4. The average Bonchev–Trinajstić information content (AvgIpc) is 2.67. The fourth-order valence-corrected chi connectivity index (χ4v) is 2.82. The average molecular weight is 239 g/mol. The largest absolute Gasteiger partial charge is 0.335 e. The van der Waals surface area contributed by atoms with Crippen LogP contribution in [-0.2, 0) is 4.79 Å². The minimum absolute atomic E-state index is 0.229. The van der Waals surface area contributed by atoms with E-state index in [0.29, 0.717) is 6.42 Å². The Balaban J connectivity index is 1.98. The molecule has 0 N–H and O–H groups in total. The van der Waals surface area contributed by atoms with Gasteiger partial charge in [-0.2, -0.15) is 0 Å². The molecule has 0 saturated heterocycles. The molecule has 1 aromatic carbocycles. The van der Waals surface area contributed by atoms with Crippen LogP contribution in [0.15, 0.2) is 48.6 Å². The summed E-state index contributed by atoms with van der Waals surface area (Å²) in [5.41, 5.74) is 2.55. The van der Waals surface area contributed by atoms with E-state index in [2.05, 4.69) is 42.5 Å². The van der Waals surface area contributed by atoms with Gasteiger partial charge < -0.3 is 4.90 Å². The number of fused-ring (bicyclic) bond motifs is 1. The lowest BCUT2D eigenvalue weighted by molar-refractivity contribution is -0.131. The van der Waals surface area contributed by atoms with E-state index in [9.17, 15) is 4.79 Å². The van der Waals surface area contributed by atoms with Crippen LogP contribution < -0.4 is 0 Å². The molecule has 0 radical (unpaired) electrons. The summed E-state index contributed by atoms with van der Waals surface area (Å²) in [5, 5.41) is 0. The van der Waals surface area contributed by atoms with Crippen LogP contribution in [0.2, 0.25) is 0 Å². The lowest BCUT2D eigenvalue weighted by Gasteiger charge is -2.35. The third kappa shape index (κ3) is 1.99. The number of carbonyl (C=O) groups excluding carboxylic acids is 1. The number of carbonyl (C=O) groups is 1. The van der Waals surface area contributed by atoms with E-state index in [1.807, 2.05) is 11.0 Å². The highest BCUT2D eigenvalue weighted by Crippen LogP contribution is 2.31. The molecule has 18 heavy (non-hydrogen) atoms. The third-order valence-corrected chi connectivity index (χ3v) is 3.72. The predicted octanol–water partition coefficient (Wildman–Crippen LogP) is 3.02. The molecule has 0 aromatic heterocycles. The first-order valence-corrected chi connectivity index (χ1v) is 6.56. The quantitative estimate of drug-likeness (QED) is 0.690. The molecule has 1 aromatic rings. The molecule has 92 valence electrons. The summed E-state index contributed by atoms with van der Waals surface area (Å²) in [7, 11) is 0. The van der Waals surface area contributed by atoms with Gasteiger partial charge in [0.05, 0.1) is 6.04 Å². The van der Waals surface area contributed by atoms with Gasteiger partial charge in [-0.3, -0.25) is 4.79 Å². The molecule has 2 nitrogen and oxygen atoms in total. The molecule has 0 aliphatic carbocycles. The normalized spacial score (nSPS) is 23.3. The molecular weight excluding hydrogens is 222 g/mol. The van der Waals surface area contributed by atoms with Crippen LogP contribution in [0.25, 0.3) is 5.57 Å². The van der Waals surface area contributed by atoms with Crippen molar-refractivity contribution in [2.24, 2.45) is 0 Å². The molecule has 2 heteroatoms. The van der Waals surface area contributed by atoms with Gasteiger partial charge in [0.2, 0.25) is 5.91 Å². The second kappa shape index (κ2) is 4.81. The van der Waals surface area contributed by atoms with E-state index >= 15 is 0 Å². The Labute approximate surface area is 108 Å². The smallest absolute Gasteiger partial charge is 0.226 e. The number of nitrogens with zero attached hydrogens (tertiary/aromatic N) is 1. The topological polar surface area (TPSA) is 20.3 Å². The highest BCUT2D eigenvalue weighted by molar-refractivity contribution is 5.87. The number of rotatable bonds is 1. The summed E-state index contributed by atoms with van der Waals surface area (Å²) < 4.78 is 0. The molecule has 0 unspecified atom stereocenters. The summed E-state index contributed by atoms with van der Waals surface area (Å²) in [6.07, 6.45) is 8.96. The minimum Gasteiger partial charge on any atom is -0.335 e. The Morgan fingerprint density at radius 2 is 1.94 bits per heavy atom. The Morgan fingerprint density at radius 1 is 1.11 bits per heavy atom. The molecular formula is C16H17NO. The van der Waals surface area contributed by atoms with Crippen molar-refractivity contribution in [3.63, 3.8) is 0 Å². The number of hydrogen-bond donors (Lipinski definition) is 0. The molecule has 0 spiro atoms. The maximum Gasteiger partial charge on any atom is 0.226 e. The van der Waals surface area contributed by atoms with Gasteiger partial charge in [-0.1, -0.05) is 48.6 Å². The summed E-state index contributed by atoms with van der Waals surface area (Å²) in [6, 6.07) is 10.6. The van der Waals surface area contributed by atoms with Gasteiger partial charge in [0.15, 0.2) is 0 Å². The minimum atomic E-state index is 0.229. The summed E-state index contributed by atoms with van der Waals surface area (Å²) in [5.74, 6) is 0.267. The van der Waals surface area contributed by atoms with E-state index < -0.39 is 0 Å². The first-order chi connectivity index (χ1) is 8.86. The van der Waals surface area contributed by atoms with Crippen LogP contribution >= 0.6 is 0 Å². The molecule has 2 heterocycles. The van der Waals surface area contributed by atoms with Crippen LogP contribution in [0.1, 0.15) is 24.8 Å². The number of amides is 1. The monoisotopic (exact) mass is 239 g/mol. The molecule has 0 bridgehead atoms. The fraction of sp³-hybridized carbons (Fsp3) is 0.312. The van der Waals surface area contributed by atoms with Gasteiger partial charge in [0.1, 0.15) is 0 Å². The Morgan fingerprint density at radius 3 is 2.78 bits per heavy atom. The molecule has 1 amide bonds.